The summed E-state index contributed by atoms with van der Waals surface area (Å²) in [4.78, 5) is 11.3. The number of carbonyl (C=O) groups is 1. The van der Waals surface area contributed by atoms with Gasteiger partial charge in [0.1, 0.15) is 0 Å². The molecule has 0 aromatic carbocycles. The van der Waals surface area contributed by atoms with Gasteiger partial charge in [0.2, 0.25) is 0 Å². The summed E-state index contributed by atoms with van der Waals surface area (Å²) in [7, 11) is 0. The molecule has 0 amide bonds. The van der Waals surface area contributed by atoms with Crippen LogP contribution in [0, 0.1) is 5.92 Å². The van der Waals surface area contributed by atoms with Crippen LogP contribution in [0.25, 0.3) is 0 Å². The first-order chi connectivity index (χ1) is 7.17. The number of aliphatic hydroxyl groups excluding tert-OH is 1. The SMILES string of the molecule is CCC1CCCCC1(OCCO)C(=O)O. The highest BCUT2D eigenvalue weighted by molar-refractivity contribution is 5.78. The Morgan fingerprint density at radius 3 is 2.80 bits per heavy atom. The van der Waals surface area contributed by atoms with Crippen LogP contribution in [-0.4, -0.2) is 35.0 Å². The highest BCUT2D eigenvalue weighted by Crippen LogP contribution is 2.39. The highest BCUT2D eigenvalue weighted by Gasteiger charge is 2.47. The minimum atomic E-state index is -1.05. The first-order valence-electron chi connectivity index (χ1n) is 5.65. The van der Waals surface area contributed by atoms with Gasteiger partial charge in [0.05, 0.1) is 13.2 Å². The molecular weight excluding hydrogens is 196 g/mol. The summed E-state index contributed by atoms with van der Waals surface area (Å²) in [5, 5.41) is 18.0. The Morgan fingerprint density at radius 1 is 1.53 bits per heavy atom. The van der Waals surface area contributed by atoms with Crippen molar-refractivity contribution in [2.24, 2.45) is 5.92 Å². The van der Waals surface area contributed by atoms with Gasteiger partial charge in [-0.05, 0) is 31.6 Å². The third-order valence-corrected chi connectivity index (χ3v) is 3.32. The van der Waals surface area contributed by atoms with Crippen molar-refractivity contribution in [3.8, 4) is 0 Å². The van der Waals surface area contributed by atoms with Crippen LogP contribution in [-0.2, 0) is 9.53 Å². The van der Waals surface area contributed by atoms with E-state index in [0.29, 0.717) is 6.42 Å². The third-order valence-electron chi connectivity index (χ3n) is 3.32. The van der Waals surface area contributed by atoms with Gasteiger partial charge in [-0.3, -0.25) is 0 Å². The molecule has 0 saturated heterocycles. The molecule has 0 aliphatic heterocycles. The van der Waals surface area contributed by atoms with Gasteiger partial charge in [-0.15, -0.1) is 0 Å². The van der Waals surface area contributed by atoms with E-state index >= 15 is 0 Å². The number of aliphatic hydroxyl groups is 1. The zero-order valence-corrected chi connectivity index (χ0v) is 9.24. The fourth-order valence-corrected chi connectivity index (χ4v) is 2.51. The number of aliphatic carboxylic acids is 1. The van der Waals surface area contributed by atoms with E-state index in [4.69, 9.17) is 9.84 Å². The normalized spacial score (nSPS) is 31.5. The molecule has 0 aromatic heterocycles. The fourth-order valence-electron chi connectivity index (χ4n) is 2.51. The zero-order valence-electron chi connectivity index (χ0n) is 9.24. The fraction of sp³-hybridized carbons (Fsp3) is 0.909. The third kappa shape index (κ3) is 2.49. The minimum absolute atomic E-state index is 0.0790. The van der Waals surface area contributed by atoms with Gasteiger partial charge in [0.25, 0.3) is 0 Å². The van der Waals surface area contributed by atoms with Crippen molar-refractivity contribution in [3.05, 3.63) is 0 Å². The van der Waals surface area contributed by atoms with E-state index in [1.54, 1.807) is 0 Å². The molecule has 1 rings (SSSR count). The maximum absolute atomic E-state index is 11.3. The molecule has 15 heavy (non-hydrogen) atoms. The van der Waals surface area contributed by atoms with E-state index in [2.05, 4.69) is 0 Å². The van der Waals surface area contributed by atoms with Crippen LogP contribution in [0.3, 0.4) is 0 Å². The monoisotopic (exact) mass is 216 g/mol. The summed E-state index contributed by atoms with van der Waals surface area (Å²) in [6.45, 7) is 1.99. The molecule has 0 aromatic rings. The van der Waals surface area contributed by atoms with Gasteiger partial charge >= 0.3 is 5.97 Å². The Bertz CT molecular complexity index is 217. The largest absolute Gasteiger partial charge is 0.479 e. The number of hydrogen-bond donors (Lipinski definition) is 2. The van der Waals surface area contributed by atoms with Gasteiger partial charge in [-0.1, -0.05) is 13.3 Å². The van der Waals surface area contributed by atoms with Crippen LogP contribution in [0.5, 0.6) is 0 Å². The molecule has 1 aliphatic rings. The molecule has 0 heterocycles. The smallest absolute Gasteiger partial charge is 0.336 e. The average Bonchev–Trinajstić information content (AvgIpc) is 2.26. The van der Waals surface area contributed by atoms with E-state index in [0.717, 1.165) is 25.7 Å². The predicted molar refractivity (Wildman–Crippen MR) is 55.7 cm³/mol. The summed E-state index contributed by atoms with van der Waals surface area (Å²) in [6, 6.07) is 0. The lowest BCUT2D eigenvalue weighted by Gasteiger charge is -2.40. The molecule has 4 nitrogen and oxygen atoms in total. The summed E-state index contributed by atoms with van der Waals surface area (Å²) in [6.07, 6.45) is 4.27. The van der Waals surface area contributed by atoms with Gasteiger partial charge in [-0.2, -0.15) is 0 Å². The van der Waals surface area contributed by atoms with E-state index in [9.17, 15) is 9.90 Å². The van der Waals surface area contributed by atoms with Gasteiger partial charge in [0.15, 0.2) is 5.60 Å². The van der Waals surface area contributed by atoms with Crippen molar-refractivity contribution in [2.45, 2.75) is 44.6 Å². The number of rotatable bonds is 5. The topological polar surface area (TPSA) is 66.8 Å². The van der Waals surface area contributed by atoms with E-state index in [1.165, 1.54) is 0 Å². The van der Waals surface area contributed by atoms with Crippen molar-refractivity contribution in [3.63, 3.8) is 0 Å². The number of hydrogen-bond acceptors (Lipinski definition) is 3. The summed E-state index contributed by atoms with van der Waals surface area (Å²) in [5.74, 6) is -0.794. The molecule has 2 N–H and O–H groups in total. The molecule has 88 valence electrons. The Labute approximate surface area is 90.2 Å². The predicted octanol–water partition coefficient (Wildman–Crippen LogP) is 1.42. The molecular formula is C11H20O4. The summed E-state index contributed by atoms with van der Waals surface area (Å²) >= 11 is 0. The van der Waals surface area contributed by atoms with E-state index in [-0.39, 0.29) is 19.1 Å². The summed E-state index contributed by atoms with van der Waals surface area (Å²) in [5.41, 5.74) is -1.05. The molecule has 0 radical (unpaired) electrons. The minimum Gasteiger partial charge on any atom is -0.479 e. The second kappa shape index (κ2) is 5.47. The maximum Gasteiger partial charge on any atom is 0.336 e. The first-order valence-corrected chi connectivity index (χ1v) is 5.65. The molecule has 0 spiro atoms. The second-order valence-electron chi connectivity index (χ2n) is 4.12. The molecule has 1 saturated carbocycles. The van der Waals surface area contributed by atoms with Crippen LogP contribution < -0.4 is 0 Å². The Kier molecular flexibility index (Phi) is 4.54. The Morgan fingerprint density at radius 2 is 2.27 bits per heavy atom. The van der Waals surface area contributed by atoms with Crippen molar-refractivity contribution < 1.29 is 19.7 Å². The van der Waals surface area contributed by atoms with Crippen molar-refractivity contribution in [2.75, 3.05) is 13.2 Å². The first kappa shape index (κ1) is 12.5. The maximum atomic E-state index is 11.3. The number of carboxylic acids is 1. The number of carboxylic acid groups (broad SMARTS) is 1. The molecule has 0 bridgehead atoms. The lowest BCUT2D eigenvalue weighted by atomic mass is 9.74. The summed E-state index contributed by atoms with van der Waals surface area (Å²) < 4.78 is 5.44. The van der Waals surface area contributed by atoms with Gasteiger partial charge in [-0.25, -0.2) is 4.79 Å². The van der Waals surface area contributed by atoms with Crippen molar-refractivity contribution in [1.29, 1.82) is 0 Å². The van der Waals surface area contributed by atoms with Crippen molar-refractivity contribution >= 4 is 5.97 Å². The highest BCUT2D eigenvalue weighted by atomic mass is 16.5. The second-order valence-corrected chi connectivity index (χ2v) is 4.12. The van der Waals surface area contributed by atoms with Gasteiger partial charge in [0, 0.05) is 0 Å². The van der Waals surface area contributed by atoms with E-state index < -0.39 is 11.6 Å². The van der Waals surface area contributed by atoms with Crippen LogP contribution >= 0.6 is 0 Å². The Balaban J connectivity index is 2.79. The Hall–Kier alpha value is -0.610. The van der Waals surface area contributed by atoms with Crippen LogP contribution in [0.4, 0.5) is 0 Å². The average molecular weight is 216 g/mol. The lowest BCUT2D eigenvalue weighted by molar-refractivity contribution is -0.182. The molecule has 1 fully saturated rings. The molecule has 1 aliphatic carbocycles. The molecule has 2 atom stereocenters. The quantitative estimate of drug-likeness (QED) is 0.729. The zero-order chi connectivity index (χ0) is 11.3. The van der Waals surface area contributed by atoms with Crippen molar-refractivity contribution in [1.82, 2.24) is 0 Å². The van der Waals surface area contributed by atoms with Gasteiger partial charge < -0.3 is 14.9 Å². The number of ether oxygens (including phenoxy) is 1. The molecule has 4 heteroatoms. The molecule has 2 unspecified atom stereocenters. The van der Waals surface area contributed by atoms with E-state index in [1.807, 2.05) is 6.92 Å². The van der Waals surface area contributed by atoms with Crippen LogP contribution in [0.1, 0.15) is 39.0 Å². The lowest BCUT2D eigenvalue weighted by Crippen LogP contribution is -2.50. The van der Waals surface area contributed by atoms with Crippen LogP contribution in [0.15, 0.2) is 0 Å². The standard InChI is InChI=1S/C11H20O4/c1-2-9-5-3-4-6-11(9,10(13)14)15-8-7-12/h9,12H,2-8H2,1H3,(H,13,14). The van der Waals surface area contributed by atoms with Crippen LogP contribution in [0.2, 0.25) is 0 Å².